The summed E-state index contributed by atoms with van der Waals surface area (Å²) in [6.45, 7) is 6.98. The Hall–Kier alpha value is -4.46. The van der Waals surface area contributed by atoms with Crippen LogP contribution in [0.4, 0.5) is 11.6 Å². The second kappa shape index (κ2) is 8.89. The molecule has 0 aliphatic carbocycles. The number of H-pyrrole nitrogens is 1. The lowest BCUT2D eigenvalue weighted by molar-refractivity contribution is 0.689. The standard InChI is InChI=1S/C29H30N8/c1-5-22-14-20-13-19(10-11-24(20)33-22)26-25-27(30)31-16-32-29(25)37(35-26)15-21-12-18-8-6-7-9-23(18)34-28(21)36(4)17(2)3/h6-14,16-17,33H,5,15H2,1-4H3,(H2,30,31,32). The number of benzene rings is 2. The molecule has 0 unspecified atom stereocenters. The highest BCUT2D eigenvalue weighted by atomic mass is 15.3. The first-order valence-corrected chi connectivity index (χ1v) is 12.6. The molecule has 6 aromatic rings. The molecule has 8 nitrogen and oxygen atoms in total. The lowest BCUT2D eigenvalue weighted by atomic mass is 10.1. The summed E-state index contributed by atoms with van der Waals surface area (Å²) >= 11 is 0. The van der Waals surface area contributed by atoms with Crippen molar-refractivity contribution in [1.82, 2.24) is 29.7 Å². The Morgan fingerprint density at radius 3 is 2.68 bits per heavy atom. The zero-order chi connectivity index (χ0) is 25.7. The van der Waals surface area contributed by atoms with Crippen LogP contribution in [-0.2, 0) is 13.0 Å². The molecule has 0 saturated carbocycles. The number of hydrogen-bond donors (Lipinski definition) is 2. The molecular weight excluding hydrogens is 460 g/mol. The Labute approximate surface area is 215 Å². The number of hydrogen-bond acceptors (Lipinski definition) is 6. The Kier molecular flexibility index (Phi) is 5.52. The molecule has 0 aliphatic rings. The van der Waals surface area contributed by atoms with E-state index in [0.29, 0.717) is 18.0 Å². The summed E-state index contributed by atoms with van der Waals surface area (Å²) in [6, 6.07) is 19.2. The van der Waals surface area contributed by atoms with Crippen molar-refractivity contribution in [1.29, 1.82) is 0 Å². The van der Waals surface area contributed by atoms with Crippen LogP contribution in [-0.4, -0.2) is 42.8 Å². The number of pyridine rings is 1. The molecule has 37 heavy (non-hydrogen) atoms. The lowest BCUT2D eigenvalue weighted by Gasteiger charge is -2.25. The van der Waals surface area contributed by atoms with Gasteiger partial charge < -0.3 is 15.6 Å². The molecule has 6 rings (SSSR count). The topological polar surface area (TPSA) is 102 Å². The highest BCUT2D eigenvalue weighted by molar-refractivity contribution is 6.00. The van der Waals surface area contributed by atoms with Gasteiger partial charge in [0, 0.05) is 46.2 Å². The predicted octanol–water partition coefficient (Wildman–Crippen LogP) is 5.56. The highest BCUT2D eigenvalue weighted by Gasteiger charge is 2.20. The van der Waals surface area contributed by atoms with Crippen LogP contribution < -0.4 is 10.6 Å². The lowest BCUT2D eigenvalue weighted by Crippen LogP contribution is -2.28. The van der Waals surface area contributed by atoms with E-state index in [2.05, 4.69) is 84.1 Å². The molecule has 4 heterocycles. The summed E-state index contributed by atoms with van der Waals surface area (Å²) in [7, 11) is 2.08. The molecular formula is C29H30N8. The van der Waals surface area contributed by atoms with E-state index in [1.807, 2.05) is 22.9 Å². The maximum atomic E-state index is 6.40. The number of nitrogens with one attached hydrogen (secondary N) is 1. The molecule has 0 spiro atoms. The second-order valence-electron chi connectivity index (χ2n) is 9.78. The minimum absolute atomic E-state index is 0.288. The number of nitrogens with two attached hydrogens (primary N) is 1. The number of fused-ring (bicyclic) bond motifs is 3. The maximum absolute atomic E-state index is 6.40. The Bertz CT molecular complexity index is 1760. The fourth-order valence-electron chi connectivity index (χ4n) is 4.85. The van der Waals surface area contributed by atoms with Crippen LogP contribution in [0.15, 0.2) is 60.9 Å². The van der Waals surface area contributed by atoms with Crippen molar-refractivity contribution in [3.63, 3.8) is 0 Å². The zero-order valence-corrected chi connectivity index (χ0v) is 21.5. The van der Waals surface area contributed by atoms with Crippen molar-refractivity contribution in [2.75, 3.05) is 17.7 Å². The summed E-state index contributed by atoms with van der Waals surface area (Å²) in [5.41, 5.74) is 13.2. The van der Waals surface area contributed by atoms with E-state index in [1.165, 1.54) is 12.0 Å². The van der Waals surface area contributed by atoms with Gasteiger partial charge in [0.05, 0.1) is 17.4 Å². The average Bonchev–Trinajstić information content (AvgIpc) is 3.49. The van der Waals surface area contributed by atoms with E-state index in [-0.39, 0.29) is 6.04 Å². The summed E-state index contributed by atoms with van der Waals surface area (Å²) < 4.78 is 1.92. The molecule has 0 aliphatic heterocycles. The van der Waals surface area contributed by atoms with Gasteiger partial charge in [0.15, 0.2) is 5.65 Å². The molecule has 0 atom stereocenters. The number of aryl methyl sites for hydroxylation is 1. The molecule has 3 N–H and O–H groups in total. The average molecular weight is 491 g/mol. The van der Waals surface area contributed by atoms with Crippen LogP contribution in [0.1, 0.15) is 32.0 Å². The predicted molar refractivity (Wildman–Crippen MR) is 151 cm³/mol. The van der Waals surface area contributed by atoms with Crippen LogP contribution >= 0.6 is 0 Å². The van der Waals surface area contributed by atoms with Gasteiger partial charge in [-0.15, -0.1) is 0 Å². The molecule has 2 aromatic carbocycles. The number of nitrogens with zero attached hydrogens (tertiary/aromatic N) is 6. The quantitative estimate of drug-likeness (QED) is 0.317. The fraction of sp³-hybridized carbons (Fsp3) is 0.241. The van der Waals surface area contributed by atoms with Crippen LogP contribution in [0.25, 0.3) is 44.1 Å². The van der Waals surface area contributed by atoms with Crippen LogP contribution in [0.2, 0.25) is 0 Å². The number of aromatic nitrogens is 6. The summed E-state index contributed by atoms with van der Waals surface area (Å²) in [5, 5.41) is 8.05. The third kappa shape index (κ3) is 3.94. The first kappa shape index (κ1) is 23.0. The van der Waals surface area contributed by atoms with Gasteiger partial charge >= 0.3 is 0 Å². The molecule has 0 bridgehead atoms. The smallest absolute Gasteiger partial charge is 0.164 e. The van der Waals surface area contributed by atoms with Gasteiger partial charge in [-0.2, -0.15) is 5.10 Å². The maximum Gasteiger partial charge on any atom is 0.164 e. The molecule has 186 valence electrons. The first-order valence-electron chi connectivity index (χ1n) is 12.6. The third-order valence-corrected chi connectivity index (χ3v) is 7.10. The van der Waals surface area contributed by atoms with Gasteiger partial charge in [-0.3, -0.25) is 0 Å². The SMILES string of the molecule is CCc1cc2cc(-c3nn(Cc4cc5ccccc5nc4N(C)C(C)C)c4ncnc(N)c34)ccc2[nH]1. The minimum atomic E-state index is 0.288. The van der Waals surface area contributed by atoms with Crippen molar-refractivity contribution >= 4 is 44.5 Å². The third-order valence-electron chi connectivity index (χ3n) is 7.10. The van der Waals surface area contributed by atoms with Crippen molar-refractivity contribution in [3.8, 4) is 11.3 Å². The van der Waals surface area contributed by atoms with Gasteiger partial charge in [-0.25, -0.2) is 19.6 Å². The van der Waals surface area contributed by atoms with E-state index in [1.54, 1.807) is 0 Å². The van der Waals surface area contributed by atoms with Crippen molar-refractivity contribution in [2.24, 2.45) is 0 Å². The van der Waals surface area contributed by atoms with E-state index in [9.17, 15) is 0 Å². The van der Waals surface area contributed by atoms with Gasteiger partial charge in [0.2, 0.25) is 0 Å². The summed E-state index contributed by atoms with van der Waals surface area (Å²) in [5.74, 6) is 1.35. The number of nitrogen functional groups attached to an aromatic ring is 1. The Morgan fingerprint density at radius 1 is 1.03 bits per heavy atom. The largest absolute Gasteiger partial charge is 0.383 e. The van der Waals surface area contributed by atoms with Gasteiger partial charge in [-0.1, -0.05) is 31.2 Å². The van der Waals surface area contributed by atoms with Crippen molar-refractivity contribution in [3.05, 3.63) is 72.2 Å². The van der Waals surface area contributed by atoms with E-state index in [4.69, 9.17) is 15.8 Å². The van der Waals surface area contributed by atoms with Crippen molar-refractivity contribution in [2.45, 2.75) is 39.8 Å². The van der Waals surface area contributed by atoms with E-state index >= 15 is 0 Å². The Balaban J connectivity index is 1.52. The highest BCUT2D eigenvalue weighted by Crippen LogP contribution is 2.33. The minimum Gasteiger partial charge on any atom is -0.383 e. The van der Waals surface area contributed by atoms with Gasteiger partial charge in [0.25, 0.3) is 0 Å². The van der Waals surface area contributed by atoms with Crippen LogP contribution in [0.3, 0.4) is 0 Å². The Morgan fingerprint density at radius 2 is 1.86 bits per heavy atom. The van der Waals surface area contributed by atoms with E-state index in [0.717, 1.165) is 56.3 Å². The summed E-state index contributed by atoms with van der Waals surface area (Å²) in [4.78, 5) is 19.6. The van der Waals surface area contributed by atoms with Gasteiger partial charge in [0.1, 0.15) is 23.7 Å². The number of para-hydroxylation sites is 1. The van der Waals surface area contributed by atoms with E-state index < -0.39 is 0 Å². The van der Waals surface area contributed by atoms with Gasteiger partial charge in [-0.05, 0) is 50.6 Å². The monoisotopic (exact) mass is 490 g/mol. The number of aromatic amines is 1. The molecule has 0 radical (unpaired) electrons. The zero-order valence-electron chi connectivity index (χ0n) is 21.5. The molecule has 4 aromatic heterocycles. The molecule has 8 heteroatoms. The summed E-state index contributed by atoms with van der Waals surface area (Å²) in [6.07, 6.45) is 2.46. The fourth-order valence-corrected chi connectivity index (χ4v) is 4.85. The van der Waals surface area contributed by atoms with Crippen LogP contribution in [0, 0.1) is 0 Å². The number of rotatable bonds is 6. The molecule has 0 saturated heterocycles. The normalized spacial score (nSPS) is 11.8. The molecule has 0 amide bonds. The second-order valence-corrected chi connectivity index (χ2v) is 9.78. The van der Waals surface area contributed by atoms with Crippen LogP contribution in [0.5, 0.6) is 0 Å². The molecule has 0 fully saturated rings. The van der Waals surface area contributed by atoms with Crippen molar-refractivity contribution < 1.29 is 0 Å². The number of anilines is 2. The first-order chi connectivity index (χ1) is 17.9.